The van der Waals surface area contributed by atoms with Gasteiger partial charge in [-0.25, -0.2) is 0 Å². The molecule has 0 aliphatic carbocycles. The minimum absolute atomic E-state index is 0.931. The summed E-state index contributed by atoms with van der Waals surface area (Å²) in [6, 6.07) is 6.59. The van der Waals surface area contributed by atoms with E-state index in [0.717, 1.165) is 25.3 Å². The van der Waals surface area contributed by atoms with Crippen LogP contribution >= 0.6 is 0 Å². The maximum atomic E-state index is 4.40. The van der Waals surface area contributed by atoms with Crippen LogP contribution in [0, 0.1) is 13.8 Å². The van der Waals surface area contributed by atoms with Crippen molar-refractivity contribution in [3.63, 3.8) is 0 Å². The molecule has 2 rings (SSSR count). The third kappa shape index (κ3) is 1.95. The van der Waals surface area contributed by atoms with Crippen molar-refractivity contribution in [3.05, 3.63) is 34.9 Å². The van der Waals surface area contributed by atoms with Gasteiger partial charge in [-0.1, -0.05) is 23.8 Å². The largest absolute Gasteiger partial charge is 0.372 e. The number of aryl methyl sites for hydroxylation is 2. The molecule has 1 aliphatic rings. The summed E-state index contributed by atoms with van der Waals surface area (Å²) in [5.41, 5.74) is 4.07. The van der Waals surface area contributed by atoms with Crippen LogP contribution in [0.2, 0.25) is 0 Å². The van der Waals surface area contributed by atoms with Crippen LogP contribution in [0.1, 0.15) is 16.7 Å². The second-order valence-corrected chi connectivity index (χ2v) is 3.86. The number of nitrogens with zero attached hydrogens (tertiary/aromatic N) is 1. The first-order valence-electron chi connectivity index (χ1n) is 5.09. The normalized spacial score (nSPS) is 15.1. The maximum Gasteiger partial charge on any atom is 0.101 e. The molecule has 1 N–H and O–H groups in total. The molecule has 1 aromatic rings. The Bertz CT molecular complexity index is 367. The Morgan fingerprint density at radius 1 is 1.36 bits per heavy atom. The highest BCUT2D eigenvalue weighted by atomic mass is 15.1. The third-order valence-corrected chi connectivity index (χ3v) is 2.60. The summed E-state index contributed by atoms with van der Waals surface area (Å²) < 4.78 is 0. The predicted octanol–water partition coefficient (Wildman–Crippen LogP) is 1.85. The molecule has 0 unspecified atom stereocenters. The zero-order valence-corrected chi connectivity index (χ0v) is 8.80. The lowest BCUT2D eigenvalue weighted by Crippen LogP contribution is -2.20. The first-order chi connectivity index (χ1) is 6.75. The molecule has 0 spiro atoms. The summed E-state index contributed by atoms with van der Waals surface area (Å²) in [6.07, 6.45) is 0.951. The molecular formula is C12H16N2. The van der Waals surface area contributed by atoms with E-state index in [-0.39, 0.29) is 0 Å². The Labute approximate surface area is 85.1 Å². The van der Waals surface area contributed by atoms with E-state index in [1.165, 1.54) is 16.7 Å². The molecule has 0 bridgehead atoms. The minimum atomic E-state index is 0.931. The van der Waals surface area contributed by atoms with E-state index in [1.54, 1.807) is 0 Å². The molecule has 0 fully saturated rings. The molecule has 14 heavy (non-hydrogen) atoms. The third-order valence-electron chi connectivity index (χ3n) is 2.60. The van der Waals surface area contributed by atoms with Gasteiger partial charge in [0, 0.05) is 13.0 Å². The van der Waals surface area contributed by atoms with Crippen molar-refractivity contribution in [2.45, 2.75) is 20.3 Å². The first-order valence-corrected chi connectivity index (χ1v) is 5.09. The number of amidine groups is 1. The summed E-state index contributed by atoms with van der Waals surface area (Å²) in [7, 11) is 0. The van der Waals surface area contributed by atoms with Gasteiger partial charge in [-0.15, -0.1) is 0 Å². The number of aliphatic imine (C=N–C) groups is 1. The lowest BCUT2D eigenvalue weighted by atomic mass is 10.0. The van der Waals surface area contributed by atoms with Gasteiger partial charge < -0.3 is 5.32 Å². The number of rotatable bonds is 2. The fourth-order valence-corrected chi connectivity index (χ4v) is 1.79. The Morgan fingerprint density at radius 2 is 2.21 bits per heavy atom. The average Bonchev–Trinajstić information content (AvgIpc) is 2.62. The maximum absolute atomic E-state index is 4.40. The fourth-order valence-electron chi connectivity index (χ4n) is 1.79. The van der Waals surface area contributed by atoms with Gasteiger partial charge in [0.2, 0.25) is 0 Å². The van der Waals surface area contributed by atoms with Crippen LogP contribution in [0.5, 0.6) is 0 Å². The Morgan fingerprint density at radius 3 is 2.86 bits per heavy atom. The molecule has 0 radical (unpaired) electrons. The highest BCUT2D eigenvalue weighted by Crippen LogP contribution is 2.11. The standard InChI is InChI=1S/C12H16N2/c1-9-3-4-11(10(2)7-9)8-12-13-5-6-14-12/h3-4,7H,5-6,8H2,1-2H3,(H,13,14). The van der Waals surface area contributed by atoms with E-state index in [9.17, 15) is 0 Å². The molecule has 0 amide bonds. The fraction of sp³-hybridized carbons (Fsp3) is 0.417. The summed E-state index contributed by atoms with van der Waals surface area (Å²) >= 11 is 0. The molecule has 0 atom stereocenters. The molecule has 0 aromatic heterocycles. The number of hydrogen-bond donors (Lipinski definition) is 1. The van der Waals surface area contributed by atoms with Crippen molar-refractivity contribution in [2.24, 2.45) is 4.99 Å². The monoisotopic (exact) mass is 188 g/mol. The molecule has 1 aliphatic heterocycles. The second kappa shape index (κ2) is 3.82. The topological polar surface area (TPSA) is 24.4 Å². The number of nitrogens with one attached hydrogen (secondary N) is 1. The van der Waals surface area contributed by atoms with Crippen molar-refractivity contribution < 1.29 is 0 Å². The van der Waals surface area contributed by atoms with Gasteiger partial charge in [0.05, 0.1) is 6.54 Å². The van der Waals surface area contributed by atoms with Gasteiger partial charge in [0.1, 0.15) is 5.84 Å². The minimum Gasteiger partial charge on any atom is -0.372 e. The van der Waals surface area contributed by atoms with Crippen molar-refractivity contribution in [3.8, 4) is 0 Å². The molecule has 74 valence electrons. The van der Waals surface area contributed by atoms with E-state index in [1.807, 2.05) is 0 Å². The van der Waals surface area contributed by atoms with Crippen molar-refractivity contribution in [1.29, 1.82) is 0 Å². The summed E-state index contributed by atoms with van der Waals surface area (Å²) in [6.45, 7) is 6.22. The Hall–Kier alpha value is -1.31. The Kier molecular flexibility index (Phi) is 2.53. The average molecular weight is 188 g/mol. The molecule has 1 heterocycles. The van der Waals surface area contributed by atoms with Gasteiger partial charge in [-0.2, -0.15) is 0 Å². The molecule has 1 aromatic carbocycles. The lowest BCUT2D eigenvalue weighted by molar-refractivity contribution is 0.952. The van der Waals surface area contributed by atoms with E-state index in [0.29, 0.717) is 0 Å². The lowest BCUT2D eigenvalue weighted by Gasteiger charge is -2.07. The second-order valence-electron chi connectivity index (χ2n) is 3.86. The zero-order chi connectivity index (χ0) is 9.97. The van der Waals surface area contributed by atoms with Crippen LogP contribution in [0.3, 0.4) is 0 Å². The quantitative estimate of drug-likeness (QED) is 0.752. The van der Waals surface area contributed by atoms with Gasteiger partial charge in [-0.3, -0.25) is 4.99 Å². The van der Waals surface area contributed by atoms with E-state index >= 15 is 0 Å². The molecule has 0 saturated carbocycles. The van der Waals surface area contributed by atoms with Gasteiger partial charge >= 0.3 is 0 Å². The smallest absolute Gasteiger partial charge is 0.101 e. The first kappa shape index (κ1) is 9.25. The van der Waals surface area contributed by atoms with Gasteiger partial charge in [0.15, 0.2) is 0 Å². The van der Waals surface area contributed by atoms with Crippen LogP contribution in [-0.4, -0.2) is 18.9 Å². The summed E-state index contributed by atoms with van der Waals surface area (Å²) in [5, 5.41) is 3.30. The number of hydrogen-bond acceptors (Lipinski definition) is 2. The van der Waals surface area contributed by atoms with E-state index in [4.69, 9.17) is 0 Å². The van der Waals surface area contributed by atoms with Crippen LogP contribution < -0.4 is 5.32 Å². The van der Waals surface area contributed by atoms with Crippen LogP contribution in [-0.2, 0) is 6.42 Å². The van der Waals surface area contributed by atoms with E-state index in [2.05, 4.69) is 42.4 Å². The van der Waals surface area contributed by atoms with E-state index < -0.39 is 0 Å². The molecule has 2 nitrogen and oxygen atoms in total. The zero-order valence-electron chi connectivity index (χ0n) is 8.80. The highest BCUT2D eigenvalue weighted by molar-refractivity contribution is 5.85. The van der Waals surface area contributed by atoms with Gasteiger partial charge in [-0.05, 0) is 25.0 Å². The van der Waals surface area contributed by atoms with Crippen molar-refractivity contribution in [1.82, 2.24) is 5.32 Å². The predicted molar refractivity (Wildman–Crippen MR) is 59.9 cm³/mol. The Balaban J connectivity index is 2.16. The number of benzene rings is 1. The SMILES string of the molecule is Cc1ccc(CC2=NCCN2)c(C)c1. The van der Waals surface area contributed by atoms with Crippen LogP contribution in [0.25, 0.3) is 0 Å². The summed E-state index contributed by atoms with van der Waals surface area (Å²) in [5.74, 6) is 1.14. The molecule has 0 saturated heterocycles. The van der Waals surface area contributed by atoms with Gasteiger partial charge in [0.25, 0.3) is 0 Å². The molecule has 2 heteroatoms. The van der Waals surface area contributed by atoms with Crippen LogP contribution in [0.4, 0.5) is 0 Å². The van der Waals surface area contributed by atoms with Crippen molar-refractivity contribution >= 4 is 5.84 Å². The van der Waals surface area contributed by atoms with Crippen molar-refractivity contribution in [2.75, 3.05) is 13.1 Å². The molecular weight excluding hydrogens is 172 g/mol. The van der Waals surface area contributed by atoms with Crippen LogP contribution in [0.15, 0.2) is 23.2 Å². The summed E-state index contributed by atoms with van der Waals surface area (Å²) in [4.78, 5) is 4.40. The highest BCUT2D eigenvalue weighted by Gasteiger charge is 2.07.